The molecule has 0 spiro atoms. The Morgan fingerprint density at radius 3 is 2.38 bits per heavy atom. The summed E-state index contributed by atoms with van der Waals surface area (Å²) in [4.78, 5) is 26.9. The number of hydrogen-bond donors (Lipinski definition) is 1. The van der Waals surface area contributed by atoms with Crippen molar-refractivity contribution < 1.29 is 14.3 Å². The molecule has 0 atom stereocenters. The van der Waals surface area contributed by atoms with Crippen molar-refractivity contribution >= 4 is 35.0 Å². The molecule has 3 rings (SSSR count). The molecule has 1 fully saturated rings. The van der Waals surface area contributed by atoms with Crippen molar-refractivity contribution in [3.05, 3.63) is 63.6 Å². The Bertz CT molecular complexity index is 863. The molecule has 1 N–H and O–H groups in total. The summed E-state index contributed by atoms with van der Waals surface area (Å²) in [6.07, 6.45) is 2.55. The fraction of sp³-hybridized carbons (Fsp3) is 0.364. The monoisotopic (exact) mass is 434 g/mol. The molecule has 0 aromatic heterocycles. The zero-order valence-corrected chi connectivity index (χ0v) is 17.8. The predicted octanol–water partition coefficient (Wildman–Crippen LogP) is 4.36. The first-order valence-electron chi connectivity index (χ1n) is 9.63. The van der Waals surface area contributed by atoms with Gasteiger partial charge in [0, 0.05) is 35.6 Å². The minimum Gasteiger partial charge on any atom is -0.496 e. The van der Waals surface area contributed by atoms with Crippen LogP contribution < -0.4 is 10.1 Å². The lowest BCUT2D eigenvalue weighted by Crippen LogP contribution is -2.46. The molecular formula is C22H24Cl2N2O3. The zero-order valence-electron chi connectivity index (χ0n) is 16.3. The van der Waals surface area contributed by atoms with E-state index < -0.39 is 0 Å². The number of piperidine rings is 1. The van der Waals surface area contributed by atoms with Crippen LogP contribution in [0.2, 0.25) is 10.0 Å². The number of carbonyl (C=O) groups excluding carboxylic acids is 2. The summed E-state index contributed by atoms with van der Waals surface area (Å²) in [7, 11) is 1.53. The second-order valence-corrected chi connectivity index (χ2v) is 7.98. The molecule has 2 aromatic carbocycles. The first kappa shape index (κ1) is 21.5. The fourth-order valence-electron chi connectivity index (χ4n) is 3.45. The highest BCUT2D eigenvalue weighted by Crippen LogP contribution is 2.25. The van der Waals surface area contributed by atoms with Crippen molar-refractivity contribution in [1.82, 2.24) is 10.2 Å². The van der Waals surface area contributed by atoms with Crippen LogP contribution in [0.15, 0.2) is 42.5 Å². The molecule has 0 radical (unpaired) electrons. The Balaban J connectivity index is 1.47. The van der Waals surface area contributed by atoms with Gasteiger partial charge in [-0.25, -0.2) is 0 Å². The lowest BCUT2D eigenvalue weighted by Gasteiger charge is -2.32. The van der Waals surface area contributed by atoms with E-state index in [0.717, 1.165) is 18.4 Å². The van der Waals surface area contributed by atoms with Crippen molar-refractivity contribution in [3.8, 4) is 5.75 Å². The van der Waals surface area contributed by atoms with Gasteiger partial charge in [-0.15, -0.1) is 0 Å². The van der Waals surface area contributed by atoms with Crippen LogP contribution in [0.25, 0.3) is 0 Å². The minimum absolute atomic E-state index is 0.0289. The van der Waals surface area contributed by atoms with Crippen molar-refractivity contribution in [2.24, 2.45) is 0 Å². The molecular weight excluding hydrogens is 411 g/mol. The van der Waals surface area contributed by atoms with E-state index >= 15 is 0 Å². The highest BCUT2D eigenvalue weighted by Gasteiger charge is 2.26. The van der Waals surface area contributed by atoms with Gasteiger partial charge in [-0.1, -0.05) is 35.3 Å². The first-order valence-corrected chi connectivity index (χ1v) is 10.4. The molecule has 154 valence electrons. The van der Waals surface area contributed by atoms with Gasteiger partial charge >= 0.3 is 0 Å². The fourth-order valence-corrected chi connectivity index (χ4v) is 3.75. The zero-order chi connectivity index (χ0) is 20.8. The molecule has 1 aliphatic rings. The molecule has 1 aliphatic heterocycles. The Kier molecular flexibility index (Phi) is 7.40. The third-order valence-corrected chi connectivity index (χ3v) is 5.58. The molecule has 2 amide bonds. The normalized spacial score (nSPS) is 14.5. The number of likely N-dealkylation sites (tertiary alicyclic amines) is 1. The predicted molar refractivity (Wildman–Crippen MR) is 115 cm³/mol. The van der Waals surface area contributed by atoms with E-state index in [9.17, 15) is 9.59 Å². The number of aryl methyl sites for hydroxylation is 1. The molecule has 5 nitrogen and oxygen atoms in total. The molecule has 0 aliphatic carbocycles. The standard InChI is InChI=1S/C22H24Cl2N2O3/c1-29-20-8-7-17(24)14-19(20)22(28)26-12-10-18(11-13-26)25-21(27)9-4-15-2-5-16(23)6-3-15/h2-3,5-8,14,18H,4,9-13H2,1H3,(H,25,27). The Hall–Kier alpha value is -2.24. The molecule has 1 heterocycles. The van der Waals surface area contributed by atoms with Crippen molar-refractivity contribution in [2.75, 3.05) is 20.2 Å². The number of nitrogens with one attached hydrogen (secondary N) is 1. The summed E-state index contributed by atoms with van der Waals surface area (Å²) < 4.78 is 5.29. The van der Waals surface area contributed by atoms with Gasteiger partial charge in [0.1, 0.15) is 5.75 Å². The Morgan fingerprint density at radius 1 is 1.07 bits per heavy atom. The third-order valence-electron chi connectivity index (χ3n) is 5.09. The largest absolute Gasteiger partial charge is 0.496 e. The summed E-state index contributed by atoms with van der Waals surface area (Å²) in [6, 6.07) is 12.6. The lowest BCUT2D eigenvalue weighted by atomic mass is 10.0. The van der Waals surface area contributed by atoms with Gasteiger partial charge < -0.3 is 15.0 Å². The summed E-state index contributed by atoms with van der Waals surface area (Å²) in [6.45, 7) is 1.16. The topological polar surface area (TPSA) is 58.6 Å². The van der Waals surface area contributed by atoms with E-state index in [1.807, 2.05) is 24.3 Å². The lowest BCUT2D eigenvalue weighted by molar-refractivity contribution is -0.122. The van der Waals surface area contributed by atoms with Crippen molar-refractivity contribution in [1.29, 1.82) is 0 Å². The van der Waals surface area contributed by atoms with Crippen molar-refractivity contribution in [3.63, 3.8) is 0 Å². The van der Waals surface area contributed by atoms with Gasteiger partial charge in [0.2, 0.25) is 5.91 Å². The average Bonchev–Trinajstić information content (AvgIpc) is 2.73. The Labute approximate surface area is 180 Å². The van der Waals surface area contributed by atoms with Crippen LogP contribution >= 0.6 is 23.2 Å². The number of methoxy groups -OCH3 is 1. The molecule has 29 heavy (non-hydrogen) atoms. The molecule has 1 saturated heterocycles. The maximum atomic E-state index is 12.8. The van der Waals surface area contributed by atoms with Gasteiger partial charge in [0.15, 0.2) is 0 Å². The molecule has 0 unspecified atom stereocenters. The highest BCUT2D eigenvalue weighted by atomic mass is 35.5. The van der Waals surface area contributed by atoms with Crippen LogP contribution in [0.5, 0.6) is 5.75 Å². The maximum Gasteiger partial charge on any atom is 0.257 e. The maximum absolute atomic E-state index is 12.8. The average molecular weight is 435 g/mol. The molecule has 7 heteroatoms. The third kappa shape index (κ3) is 5.87. The van der Waals surface area contributed by atoms with Gasteiger partial charge in [0.25, 0.3) is 5.91 Å². The summed E-state index contributed by atoms with van der Waals surface area (Å²) in [5, 5.41) is 4.27. The van der Waals surface area contributed by atoms with Gasteiger partial charge in [-0.3, -0.25) is 9.59 Å². The quantitative estimate of drug-likeness (QED) is 0.734. The summed E-state index contributed by atoms with van der Waals surface area (Å²) in [5.74, 6) is 0.440. The molecule has 0 saturated carbocycles. The van der Waals surface area contributed by atoms with E-state index in [1.165, 1.54) is 7.11 Å². The minimum atomic E-state index is -0.100. The number of hydrogen-bond acceptors (Lipinski definition) is 3. The number of rotatable bonds is 6. The van der Waals surface area contributed by atoms with E-state index in [-0.39, 0.29) is 17.9 Å². The van der Waals surface area contributed by atoms with Gasteiger partial charge in [-0.05, 0) is 55.2 Å². The van der Waals surface area contributed by atoms with E-state index in [4.69, 9.17) is 27.9 Å². The van der Waals surface area contributed by atoms with Crippen LogP contribution in [0.1, 0.15) is 35.2 Å². The SMILES string of the molecule is COc1ccc(Cl)cc1C(=O)N1CCC(NC(=O)CCc2ccc(Cl)cc2)CC1. The number of nitrogens with zero attached hydrogens (tertiary/aromatic N) is 1. The van der Waals surface area contributed by atoms with E-state index in [0.29, 0.717) is 47.3 Å². The second kappa shape index (κ2) is 9.99. The Morgan fingerprint density at radius 2 is 1.72 bits per heavy atom. The van der Waals surface area contributed by atoms with Crippen LogP contribution in [-0.4, -0.2) is 43.0 Å². The number of benzene rings is 2. The number of carbonyl (C=O) groups is 2. The second-order valence-electron chi connectivity index (χ2n) is 7.11. The first-order chi connectivity index (χ1) is 14.0. The van der Waals surface area contributed by atoms with Gasteiger partial charge in [-0.2, -0.15) is 0 Å². The summed E-state index contributed by atoms with van der Waals surface area (Å²) >= 11 is 11.9. The van der Waals surface area contributed by atoms with E-state index in [1.54, 1.807) is 23.1 Å². The van der Waals surface area contributed by atoms with Crippen LogP contribution in [0.4, 0.5) is 0 Å². The van der Waals surface area contributed by atoms with Crippen LogP contribution in [0.3, 0.4) is 0 Å². The highest BCUT2D eigenvalue weighted by molar-refractivity contribution is 6.31. The smallest absolute Gasteiger partial charge is 0.257 e. The van der Waals surface area contributed by atoms with E-state index in [2.05, 4.69) is 5.32 Å². The number of halogens is 2. The van der Waals surface area contributed by atoms with Crippen LogP contribution in [-0.2, 0) is 11.2 Å². The number of amides is 2. The van der Waals surface area contributed by atoms with Gasteiger partial charge in [0.05, 0.1) is 12.7 Å². The number of ether oxygens (including phenoxy) is 1. The van der Waals surface area contributed by atoms with Crippen LogP contribution in [0, 0.1) is 0 Å². The molecule has 0 bridgehead atoms. The van der Waals surface area contributed by atoms with Crippen molar-refractivity contribution in [2.45, 2.75) is 31.7 Å². The summed E-state index contributed by atoms with van der Waals surface area (Å²) in [5.41, 5.74) is 1.55. The molecule has 2 aromatic rings.